The summed E-state index contributed by atoms with van der Waals surface area (Å²) in [4.78, 5) is 10.7. The summed E-state index contributed by atoms with van der Waals surface area (Å²) in [7, 11) is 0. The van der Waals surface area contributed by atoms with E-state index in [2.05, 4.69) is 6.92 Å². The summed E-state index contributed by atoms with van der Waals surface area (Å²) in [5, 5.41) is 0. The molecule has 1 aliphatic carbocycles. The minimum absolute atomic E-state index is 0.149. The average Bonchev–Trinajstić information content (AvgIpc) is 2.16. The first kappa shape index (κ1) is 11.5. The summed E-state index contributed by atoms with van der Waals surface area (Å²) in [6, 6.07) is 0. The van der Waals surface area contributed by atoms with Gasteiger partial charge in [0.2, 0.25) is 0 Å². The fraction of sp³-hybridized carbons (Fsp3) is 0.833. The monoisotopic (exact) mass is 197 g/mol. The lowest BCUT2D eigenvalue weighted by Gasteiger charge is -2.28. The van der Waals surface area contributed by atoms with E-state index in [1.807, 2.05) is 0 Å². The zero-order valence-electron chi connectivity index (χ0n) is 9.13. The number of carbonyl (C=O) groups is 1. The van der Waals surface area contributed by atoms with Crippen molar-refractivity contribution < 1.29 is 9.53 Å². The molecule has 1 rings (SSSR count). The van der Waals surface area contributed by atoms with Crippen molar-refractivity contribution in [2.24, 2.45) is 11.8 Å². The van der Waals surface area contributed by atoms with E-state index in [1.165, 1.54) is 39.0 Å². The third kappa shape index (κ3) is 4.12. The molecular weight excluding hydrogens is 176 g/mol. The lowest BCUT2D eigenvalue weighted by atomic mass is 9.80. The highest BCUT2D eigenvalue weighted by Crippen LogP contribution is 2.31. The van der Waals surface area contributed by atoms with E-state index in [4.69, 9.17) is 4.74 Å². The van der Waals surface area contributed by atoms with Gasteiger partial charge >= 0.3 is 5.97 Å². The van der Waals surface area contributed by atoms with Gasteiger partial charge in [-0.3, -0.25) is 4.79 Å². The predicted molar refractivity (Wildman–Crippen MR) is 56.7 cm³/mol. The molecule has 0 N–H and O–H groups in total. The number of rotatable bonds is 4. The third-order valence-electron chi connectivity index (χ3n) is 3.03. The summed E-state index contributed by atoms with van der Waals surface area (Å²) in [6.07, 6.45) is 7.34. The van der Waals surface area contributed by atoms with Crippen LogP contribution in [0.4, 0.5) is 0 Å². The number of ether oxygens (including phenoxy) is 1. The largest absolute Gasteiger partial charge is 0.466 e. The Bertz CT molecular complexity index is 175. The van der Waals surface area contributed by atoms with Gasteiger partial charge in [0.1, 0.15) is 0 Å². The topological polar surface area (TPSA) is 26.3 Å². The van der Waals surface area contributed by atoms with Crippen LogP contribution in [0.3, 0.4) is 0 Å². The fourth-order valence-corrected chi connectivity index (χ4v) is 2.34. The van der Waals surface area contributed by atoms with Crippen LogP contribution in [0.15, 0.2) is 0 Å². The van der Waals surface area contributed by atoms with E-state index in [1.54, 1.807) is 0 Å². The van der Waals surface area contributed by atoms with Gasteiger partial charge in [-0.1, -0.05) is 32.6 Å². The summed E-state index contributed by atoms with van der Waals surface area (Å²) in [5.41, 5.74) is 0. The van der Waals surface area contributed by atoms with E-state index in [0.717, 1.165) is 12.3 Å². The molecule has 2 unspecified atom stereocenters. The van der Waals surface area contributed by atoms with Gasteiger partial charge in [0.15, 0.2) is 0 Å². The number of hydrogen-bond donors (Lipinski definition) is 0. The van der Waals surface area contributed by atoms with Crippen molar-refractivity contribution in [3.05, 3.63) is 6.92 Å². The quantitative estimate of drug-likeness (QED) is 0.648. The molecule has 14 heavy (non-hydrogen) atoms. The zero-order valence-corrected chi connectivity index (χ0v) is 9.13. The smallest absolute Gasteiger partial charge is 0.302 e. The van der Waals surface area contributed by atoms with Crippen molar-refractivity contribution in [2.45, 2.75) is 45.4 Å². The highest BCUT2D eigenvalue weighted by Gasteiger charge is 2.21. The second-order valence-electron chi connectivity index (χ2n) is 4.34. The van der Waals surface area contributed by atoms with Crippen molar-refractivity contribution in [3.63, 3.8) is 0 Å². The maximum absolute atomic E-state index is 10.7. The SMILES string of the molecule is [CH2]CCC1CCCC(COC(C)=O)C1. The molecule has 0 aromatic carbocycles. The molecule has 2 nitrogen and oxygen atoms in total. The average molecular weight is 197 g/mol. The van der Waals surface area contributed by atoms with Crippen LogP contribution < -0.4 is 0 Å². The Labute approximate surface area is 87.0 Å². The van der Waals surface area contributed by atoms with Crippen LogP contribution in [-0.2, 0) is 9.53 Å². The molecule has 2 heteroatoms. The minimum Gasteiger partial charge on any atom is -0.466 e. The van der Waals surface area contributed by atoms with Crippen molar-refractivity contribution in [1.82, 2.24) is 0 Å². The zero-order chi connectivity index (χ0) is 10.4. The van der Waals surface area contributed by atoms with Crippen LogP contribution in [-0.4, -0.2) is 12.6 Å². The van der Waals surface area contributed by atoms with Gasteiger partial charge in [0, 0.05) is 6.92 Å². The normalized spacial score (nSPS) is 27.3. The first-order chi connectivity index (χ1) is 6.72. The Morgan fingerprint density at radius 2 is 2.14 bits per heavy atom. The third-order valence-corrected chi connectivity index (χ3v) is 3.03. The summed E-state index contributed by atoms with van der Waals surface area (Å²) in [5.74, 6) is 1.27. The van der Waals surface area contributed by atoms with Crippen molar-refractivity contribution >= 4 is 5.97 Å². The number of hydrogen-bond acceptors (Lipinski definition) is 2. The van der Waals surface area contributed by atoms with Crippen LogP contribution in [0, 0.1) is 18.8 Å². The molecule has 1 saturated carbocycles. The van der Waals surface area contributed by atoms with E-state index in [9.17, 15) is 4.79 Å². The van der Waals surface area contributed by atoms with Crippen molar-refractivity contribution in [2.75, 3.05) is 6.61 Å². The minimum atomic E-state index is -0.149. The molecule has 1 fully saturated rings. The Morgan fingerprint density at radius 1 is 1.43 bits per heavy atom. The molecule has 81 valence electrons. The Kier molecular flexibility index (Phi) is 4.99. The molecule has 0 aromatic rings. The molecule has 0 spiro atoms. The van der Waals surface area contributed by atoms with Crippen LogP contribution in [0.1, 0.15) is 45.4 Å². The summed E-state index contributed by atoms with van der Waals surface area (Å²) in [6.45, 7) is 6.00. The van der Waals surface area contributed by atoms with Crippen molar-refractivity contribution in [3.8, 4) is 0 Å². The second-order valence-corrected chi connectivity index (χ2v) is 4.34. The fourth-order valence-electron chi connectivity index (χ4n) is 2.34. The maximum Gasteiger partial charge on any atom is 0.302 e. The van der Waals surface area contributed by atoms with E-state index >= 15 is 0 Å². The van der Waals surface area contributed by atoms with Crippen LogP contribution in [0.2, 0.25) is 0 Å². The molecule has 0 aromatic heterocycles. The molecule has 1 radical (unpaired) electrons. The Hall–Kier alpha value is -0.530. The Balaban J connectivity index is 2.21. The van der Waals surface area contributed by atoms with Gasteiger partial charge in [-0.25, -0.2) is 0 Å². The predicted octanol–water partition coefficient (Wildman–Crippen LogP) is 2.97. The second kappa shape index (κ2) is 6.05. The van der Waals surface area contributed by atoms with E-state index in [0.29, 0.717) is 12.5 Å². The number of esters is 1. The van der Waals surface area contributed by atoms with Crippen LogP contribution >= 0.6 is 0 Å². The highest BCUT2D eigenvalue weighted by atomic mass is 16.5. The molecule has 0 aliphatic heterocycles. The number of carbonyl (C=O) groups excluding carboxylic acids is 1. The highest BCUT2D eigenvalue weighted by molar-refractivity contribution is 5.65. The molecule has 0 saturated heterocycles. The van der Waals surface area contributed by atoms with Gasteiger partial charge in [-0.05, 0) is 24.7 Å². The van der Waals surface area contributed by atoms with Gasteiger partial charge in [-0.2, -0.15) is 0 Å². The lowest BCUT2D eigenvalue weighted by Crippen LogP contribution is -2.20. The van der Waals surface area contributed by atoms with Crippen molar-refractivity contribution in [1.29, 1.82) is 0 Å². The molecule has 0 bridgehead atoms. The van der Waals surface area contributed by atoms with E-state index < -0.39 is 0 Å². The lowest BCUT2D eigenvalue weighted by molar-refractivity contribution is -0.142. The van der Waals surface area contributed by atoms with Crippen LogP contribution in [0.25, 0.3) is 0 Å². The molecule has 1 aliphatic rings. The Morgan fingerprint density at radius 3 is 2.79 bits per heavy atom. The van der Waals surface area contributed by atoms with E-state index in [-0.39, 0.29) is 5.97 Å². The molecule has 2 atom stereocenters. The maximum atomic E-state index is 10.7. The summed E-state index contributed by atoms with van der Waals surface area (Å²) >= 11 is 0. The first-order valence-electron chi connectivity index (χ1n) is 5.65. The van der Waals surface area contributed by atoms with Gasteiger partial charge < -0.3 is 4.74 Å². The van der Waals surface area contributed by atoms with Gasteiger partial charge in [0.25, 0.3) is 0 Å². The molecule has 0 heterocycles. The molecular formula is C12H21O2. The molecule has 0 amide bonds. The first-order valence-corrected chi connectivity index (χ1v) is 5.65. The van der Waals surface area contributed by atoms with Gasteiger partial charge in [0.05, 0.1) is 6.61 Å². The summed E-state index contributed by atoms with van der Waals surface area (Å²) < 4.78 is 5.05. The van der Waals surface area contributed by atoms with Crippen LogP contribution in [0.5, 0.6) is 0 Å². The standard InChI is InChI=1S/C12H21O2/c1-3-5-11-6-4-7-12(8-11)9-14-10(2)13/h11-12H,1,3-9H2,2H3. The van der Waals surface area contributed by atoms with Gasteiger partial charge in [-0.15, -0.1) is 0 Å².